The van der Waals surface area contributed by atoms with Crippen molar-refractivity contribution in [3.63, 3.8) is 0 Å². The first kappa shape index (κ1) is 9.80. The van der Waals surface area contributed by atoms with E-state index in [1.165, 1.54) is 0 Å². The number of rotatable bonds is 3. The Bertz CT molecular complexity index is 379. The van der Waals surface area contributed by atoms with Crippen molar-refractivity contribution < 1.29 is 9.90 Å². The molecule has 1 heterocycles. The topological polar surface area (TPSA) is 53.1 Å². The van der Waals surface area contributed by atoms with Crippen LogP contribution in [-0.4, -0.2) is 16.1 Å². The molecule has 0 bridgehead atoms. The van der Waals surface area contributed by atoms with Gasteiger partial charge in [0.05, 0.1) is 4.47 Å². The van der Waals surface area contributed by atoms with Crippen molar-refractivity contribution >= 4 is 34.1 Å². The summed E-state index contributed by atoms with van der Waals surface area (Å²) in [5.41, 5.74) is 1.48. The number of carboxylic acid groups (broad SMARTS) is 1. The summed E-state index contributed by atoms with van der Waals surface area (Å²) in [6.07, 6.45) is 3.12. The number of halogens is 1. The molecule has 1 aromatic heterocycles. The lowest BCUT2D eigenvalue weighted by Gasteiger charge is -1.90. The molecular weight excluding hydrogens is 234 g/mol. The van der Waals surface area contributed by atoms with Gasteiger partial charge in [0.25, 0.3) is 0 Å². The van der Waals surface area contributed by atoms with Crippen LogP contribution in [0.25, 0.3) is 12.2 Å². The number of hydrogen-bond acceptors (Lipinski definition) is 1. The molecule has 0 aliphatic carbocycles. The van der Waals surface area contributed by atoms with E-state index in [4.69, 9.17) is 5.11 Å². The van der Waals surface area contributed by atoms with E-state index >= 15 is 0 Å². The molecule has 68 valence electrons. The standard InChI is InChI=1S/C9H8BrNO2/c1-3-5-6(4-2)11-8(7(5)10)9(12)13/h3-4,11H,1-2H2,(H,12,13). The summed E-state index contributed by atoms with van der Waals surface area (Å²) < 4.78 is 0.505. The highest BCUT2D eigenvalue weighted by Crippen LogP contribution is 2.26. The van der Waals surface area contributed by atoms with E-state index in [0.717, 1.165) is 0 Å². The van der Waals surface area contributed by atoms with Gasteiger partial charge in [-0.2, -0.15) is 0 Å². The maximum absolute atomic E-state index is 10.7. The van der Waals surface area contributed by atoms with Crippen LogP contribution in [0.2, 0.25) is 0 Å². The first-order valence-corrected chi connectivity index (χ1v) is 4.30. The summed E-state index contributed by atoms with van der Waals surface area (Å²) in [6, 6.07) is 0. The number of aromatic nitrogens is 1. The fourth-order valence-corrected chi connectivity index (χ4v) is 1.66. The molecular formula is C9H8BrNO2. The predicted molar refractivity (Wildman–Crippen MR) is 55.6 cm³/mol. The molecule has 13 heavy (non-hydrogen) atoms. The van der Waals surface area contributed by atoms with E-state index in [-0.39, 0.29) is 5.69 Å². The molecule has 0 atom stereocenters. The summed E-state index contributed by atoms with van der Waals surface area (Å²) >= 11 is 3.17. The van der Waals surface area contributed by atoms with Crippen LogP contribution in [0.1, 0.15) is 21.7 Å². The van der Waals surface area contributed by atoms with Gasteiger partial charge in [0.2, 0.25) is 0 Å². The van der Waals surface area contributed by atoms with Crippen molar-refractivity contribution in [1.29, 1.82) is 0 Å². The van der Waals surface area contributed by atoms with Crippen LogP contribution >= 0.6 is 15.9 Å². The van der Waals surface area contributed by atoms with Crippen LogP contribution in [0.3, 0.4) is 0 Å². The molecule has 0 spiro atoms. The minimum Gasteiger partial charge on any atom is -0.477 e. The van der Waals surface area contributed by atoms with Crippen molar-refractivity contribution in [3.05, 3.63) is 34.6 Å². The normalized spacial score (nSPS) is 9.62. The second-order valence-corrected chi connectivity index (χ2v) is 3.15. The van der Waals surface area contributed by atoms with Crippen molar-refractivity contribution in [2.24, 2.45) is 0 Å². The number of hydrogen-bond donors (Lipinski definition) is 2. The van der Waals surface area contributed by atoms with Gasteiger partial charge in [-0.25, -0.2) is 4.79 Å². The van der Waals surface area contributed by atoms with Crippen molar-refractivity contribution in [2.75, 3.05) is 0 Å². The molecule has 0 amide bonds. The fourth-order valence-electron chi connectivity index (χ4n) is 1.02. The highest BCUT2D eigenvalue weighted by molar-refractivity contribution is 9.10. The molecule has 2 N–H and O–H groups in total. The van der Waals surface area contributed by atoms with Crippen molar-refractivity contribution in [1.82, 2.24) is 4.98 Å². The largest absolute Gasteiger partial charge is 0.477 e. The number of H-pyrrole nitrogens is 1. The lowest BCUT2D eigenvalue weighted by atomic mass is 10.2. The first-order valence-electron chi connectivity index (χ1n) is 3.51. The Morgan fingerprint density at radius 1 is 1.46 bits per heavy atom. The maximum Gasteiger partial charge on any atom is 0.353 e. The van der Waals surface area contributed by atoms with Crippen LogP contribution in [0, 0.1) is 0 Å². The molecule has 3 nitrogen and oxygen atoms in total. The van der Waals surface area contributed by atoms with E-state index in [2.05, 4.69) is 34.1 Å². The fraction of sp³-hybridized carbons (Fsp3) is 0. The molecule has 0 radical (unpaired) electrons. The van der Waals surface area contributed by atoms with Gasteiger partial charge >= 0.3 is 5.97 Å². The second kappa shape index (κ2) is 3.62. The third kappa shape index (κ3) is 1.58. The lowest BCUT2D eigenvalue weighted by Crippen LogP contribution is -1.96. The molecule has 0 aromatic carbocycles. The SMILES string of the molecule is C=Cc1[nH]c(C(=O)O)c(Br)c1C=C. The minimum atomic E-state index is -1.01. The third-order valence-corrected chi connectivity index (χ3v) is 2.45. The molecule has 0 aliphatic heterocycles. The van der Waals surface area contributed by atoms with E-state index in [0.29, 0.717) is 15.7 Å². The highest BCUT2D eigenvalue weighted by Gasteiger charge is 2.16. The Kier molecular flexibility index (Phi) is 2.72. The Labute approximate surface area is 83.9 Å². The number of carbonyl (C=O) groups is 1. The molecule has 1 aromatic rings. The second-order valence-electron chi connectivity index (χ2n) is 2.35. The van der Waals surface area contributed by atoms with Crippen LogP contribution in [0.15, 0.2) is 17.6 Å². The first-order chi connectivity index (χ1) is 6.11. The summed E-state index contributed by atoms with van der Waals surface area (Å²) in [4.78, 5) is 13.4. The van der Waals surface area contributed by atoms with Gasteiger partial charge in [-0.15, -0.1) is 0 Å². The van der Waals surface area contributed by atoms with Gasteiger partial charge in [0.1, 0.15) is 5.69 Å². The number of nitrogens with one attached hydrogen (secondary N) is 1. The predicted octanol–water partition coefficient (Wildman–Crippen LogP) is 2.76. The zero-order chi connectivity index (χ0) is 10.0. The Balaban J connectivity index is 3.42. The maximum atomic E-state index is 10.7. The molecule has 0 fully saturated rings. The Morgan fingerprint density at radius 2 is 2.08 bits per heavy atom. The van der Waals surface area contributed by atoms with E-state index < -0.39 is 5.97 Å². The van der Waals surface area contributed by atoms with E-state index in [1.54, 1.807) is 12.2 Å². The summed E-state index contributed by atoms with van der Waals surface area (Å²) in [6.45, 7) is 7.14. The van der Waals surface area contributed by atoms with Crippen LogP contribution in [-0.2, 0) is 0 Å². The monoisotopic (exact) mass is 241 g/mol. The van der Waals surface area contributed by atoms with Crippen molar-refractivity contribution in [2.45, 2.75) is 0 Å². The number of aromatic carboxylic acids is 1. The number of aromatic amines is 1. The van der Waals surface area contributed by atoms with Crippen molar-refractivity contribution in [3.8, 4) is 0 Å². The summed E-state index contributed by atoms with van der Waals surface area (Å²) in [5.74, 6) is -1.01. The van der Waals surface area contributed by atoms with Gasteiger partial charge in [0, 0.05) is 11.3 Å². The van der Waals surface area contributed by atoms with Gasteiger partial charge < -0.3 is 10.1 Å². The van der Waals surface area contributed by atoms with E-state index in [1.807, 2.05) is 0 Å². The summed E-state index contributed by atoms with van der Waals surface area (Å²) in [7, 11) is 0. The van der Waals surface area contributed by atoms with E-state index in [9.17, 15) is 4.79 Å². The molecule has 0 saturated carbocycles. The average Bonchev–Trinajstić information content (AvgIpc) is 2.41. The van der Waals surface area contributed by atoms with Gasteiger partial charge in [-0.3, -0.25) is 0 Å². The smallest absolute Gasteiger partial charge is 0.353 e. The van der Waals surface area contributed by atoms with Gasteiger partial charge in [-0.05, 0) is 22.0 Å². The van der Waals surface area contributed by atoms with Gasteiger partial charge in [-0.1, -0.05) is 19.2 Å². The highest BCUT2D eigenvalue weighted by atomic mass is 79.9. The minimum absolute atomic E-state index is 0.116. The molecule has 1 rings (SSSR count). The molecule has 0 saturated heterocycles. The average molecular weight is 242 g/mol. The van der Waals surface area contributed by atoms with Crippen LogP contribution < -0.4 is 0 Å². The van der Waals surface area contributed by atoms with Crippen LogP contribution in [0.4, 0.5) is 0 Å². The van der Waals surface area contributed by atoms with Crippen LogP contribution in [0.5, 0.6) is 0 Å². The molecule has 0 unspecified atom stereocenters. The Hall–Kier alpha value is -1.29. The third-order valence-electron chi connectivity index (χ3n) is 1.63. The zero-order valence-electron chi connectivity index (χ0n) is 6.80. The lowest BCUT2D eigenvalue weighted by molar-refractivity contribution is 0.0690. The Morgan fingerprint density at radius 3 is 2.38 bits per heavy atom. The zero-order valence-corrected chi connectivity index (χ0v) is 8.39. The molecule has 4 heteroatoms. The van der Waals surface area contributed by atoms with Gasteiger partial charge in [0.15, 0.2) is 0 Å². The number of carboxylic acids is 1. The summed E-state index contributed by atoms with van der Waals surface area (Å²) in [5, 5.41) is 8.76. The molecule has 0 aliphatic rings. The quantitative estimate of drug-likeness (QED) is 0.856.